The average molecular weight is 406 g/mol. The topological polar surface area (TPSA) is 78.1 Å². The monoisotopic (exact) mass is 405 g/mol. The van der Waals surface area contributed by atoms with Crippen molar-refractivity contribution in [1.82, 2.24) is 15.8 Å². The highest BCUT2D eigenvalue weighted by molar-refractivity contribution is 7.80. The number of fused-ring (bicyclic) bond motifs is 1. The second-order valence-electron chi connectivity index (χ2n) is 5.43. The van der Waals surface area contributed by atoms with Crippen molar-refractivity contribution >= 4 is 67.2 Å². The van der Waals surface area contributed by atoms with E-state index in [-0.39, 0.29) is 17.6 Å². The van der Waals surface area contributed by atoms with Gasteiger partial charge in [0.1, 0.15) is 0 Å². The second-order valence-corrected chi connectivity index (χ2v) is 7.28. The normalized spacial score (nSPS) is 10.4. The van der Waals surface area contributed by atoms with E-state index in [4.69, 9.17) is 23.8 Å². The summed E-state index contributed by atoms with van der Waals surface area (Å²) in [5, 5.41) is 7.54. The van der Waals surface area contributed by atoms with E-state index in [1.165, 1.54) is 11.3 Å². The van der Waals surface area contributed by atoms with Gasteiger partial charge in [0.25, 0.3) is 5.91 Å². The van der Waals surface area contributed by atoms with Crippen LogP contribution in [0.5, 0.6) is 0 Å². The number of para-hydroxylation sites is 1. The SMILES string of the molecule is Cc1ccc(NC(=S)NNC(=O)CNc2nc3ccccc3s2)cc1Cl. The molecule has 0 aliphatic heterocycles. The summed E-state index contributed by atoms with van der Waals surface area (Å²) in [5.41, 5.74) is 7.79. The minimum Gasteiger partial charge on any atom is -0.352 e. The van der Waals surface area contributed by atoms with Gasteiger partial charge in [0.15, 0.2) is 10.2 Å². The van der Waals surface area contributed by atoms with Crippen LogP contribution in [-0.4, -0.2) is 22.5 Å². The third-order valence-electron chi connectivity index (χ3n) is 3.44. The van der Waals surface area contributed by atoms with Crippen LogP contribution in [0.4, 0.5) is 10.8 Å². The third-order valence-corrected chi connectivity index (χ3v) is 5.04. The molecule has 0 atom stereocenters. The molecule has 0 aliphatic carbocycles. The molecule has 1 amide bonds. The predicted molar refractivity (Wildman–Crippen MR) is 112 cm³/mol. The lowest BCUT2D eigenvalue weighted by molar-refractivity contribution is -0.119. The van der Waals surface area contributed by atoms with Crippen LogP contribution in [-0.2, 0) is 4.79 Å². The Morgan fingerprint density at radius 1 is 1.23 bits per heavy atom. The molecular formula is C17H16ClN5OS2. The van der Waals surface area contributed by atoms with Gasteiger partial charge in [-0.3, -0.25) is 15.6 Å². The largest absolute Gasteiger partial charge is 0.352 e. The molecule has 4 N–H and O–H groups in total. The van der Waals surface area contributed by atoms with Crippen molar-refractivity contribution in [2.75, 3.05) is 17.2 Å². The van der Waals surface area contributed by atoms with Crippen LogP contribution in [0.1, 0.15) is 5.56 Å². The van der Waals surface area contributed by atoms with E-state index < -0.39 is 0 Å². The van der Waals surface area contributed by atoms with Crippen molar-refractivity contribution in [3.05, 3.63) is 53.1 Å². The zero-order chi connectivity index (χ0) is 18.5. The maximum Gasteiger partial charge on any atom is 0.257 e. The van der Waals surface area contributed by atoms with Crippen LogP contribution >= 0.6 is 35.2 Å². The number of rotatable bonds is 4. The maximum atomic E-state index is 11.9. The van der Waals surface area contributed by atoms with Gasteiger partial charge in [-0.05, 0) is 49.0 Å². The second kappa shape index (κ2) is 8.31. The van der Waals surface area contributed by atoms with E-state index in [1.807, 2.05) is 43.3 Å². The van der Waals surface area contributed by atoms with E-state index in [0.29, 0.717) is 10.2 Å². The lowest BCUT2D eigenvalue weighted by atomic mass is 10.2. The number of amides is 1. The maximum absolute atomic E-state index is 11.9. The number of hydrogen-bond donors (Lipinski definition) is 4. The van der Waals surface area contributed by atoms with Crippen molar-refractivity contribution in [1.29, 1.82) is 0 Å². The Kier molecular flexibility index (Phi) is 5.87. The van der Waals surface area contributed by atoms with Gasteiger partial charge < -0.3 is 10.6 Å². The van der Waals surface area contributed by atoms with Crippen LogP contribution in [0.15, 0.2) is 42.5 Å². The molecule has 3 rings (SSSR count). The Hall–Kier alpha value is -2.42. The molecule has 0 saturated carbocycles. The molecule has 1 aromatic heterocycles. The fraction of sp³-hybridized carbons (Fsp3) is 0.118. The van der Waals surface area contributed by atoms with E-state index in [1.54, 1.807) is 6.07 Å². The molecule has 0 unspecified atom stereocenters. The first-order valence-electron chi connectivity index (χ1n) is 7.73. The summed E-state index contributed by atoms with van der Waals surface area (Å²) in [6, 6.07) is 13.3. The van der Waals surface area contributed by atoms with Gasteiger partial charge >= 0.3 is 0 Å². The molecule has 26 heavy (non-hydrogen) atoms. The summed E-state index contributed by atoms with van der Waals surface area (Å²) in [4.78, 5) is 16.3. The average Bonchev–Trinajstić information content (AvgIpc) is 3.04. The van der Waals surface area contributed by atoms with Crippen LogP contribution in [0, 0.1) is 6.92 Å². The molecule has 0 fully saturated rings. The van der Waals surface area contributed by atoms with Crippen LogP contribution in [0.2, 0.25) is 5.02 Å². The van der Waals surface area contributed by atoms with Crippen molar-refractivity contribution in [2.24, 2.45) is 0 Å². The van der Waals surface area contributed by atoms with Crippen molar-refractivity contribution in [3.63, 3.8) is 0 Å². The lowest BCUT2D eigenvalue weighted by Crippen LogP contribution is -2.45. The number of aromatic nitrogens is 1. The number of carbonyl (C=O) groups is 1. The summed E-state index contributed by atoms with van der Waals surface area (Å²) >= 11 is 12.7. The fourth-order valence-electron chi connectivity index (χ4n) is 2.11. The number of carbonyl (C=O) groups excluding carboxylic acids is 1. The predicted octanol–water partition coefficient (Wildman–Crippen LogP) is 3.69. The molecule has 0 saturated heterocycles. The number of anilines is 2. The number of aryl methyl sites for hydroxylation is 1. The Morgan fingerprint density at radius 3 is 2.81 bits per heavy atom. The summed E-state index contributed by atoms with van der Waals surface area (Å²) in [5.74, 6) is -0.268. The van der Waals surface area contributed by atoms with Crippen molar-refractivity contribution < 1.29 is 4.79 Å². The van der Waals surface area contributed by atoms with E-state index in [9.17, 15) is 4.79 Å². The number of nitrogens with zero attached hydrogens (tertiary/aromatic N) is 1. The number of thiocarbonyl (C=S) groups is 1. The molecule has 0 spiro atoms. The molecule has 0 bridgehead atoms. The smallest absolute Gasteiger partial charge is 0.257 e. The summed E-state index contributed by atoms with van der Waals surface area (Å²) in [6.45, 7) is 1.99. The minimum atomic E-state index is -0.268. The van der Waals surface area contributed by atoms with Crippen LogP contribution in [0.3, 0.4) is 0 Å². The highest BCUT2D eigenvalue weighted by Gasteiger charge is 2.06. The zero-order valence-electron chi connectivity index (χ0n) is 13.8. The van der Waals surface area contributed by atoms with Gasteiger partial charge in [-0.15, -0.1) is 0 Å². The fourth-order valence-corrected chi connectivity index (χ4v) is 3.32. The minimum absolute atomic E-state index is 0.0752. The summed E-state index contributed by atoms with van der Waals surface area (Å²) in [6.07, 6.45) is 0. The van der Waals surface area contributed by atoms with Gasteiger partial charge in [0.2, 0.25) is 0 Å². The van der Waals surface area contributed by atoms with E-state index >= 15 is 0 Å². The molecule has 134 valence electrons. The Labute approximate surface area is 164 Å². The molecule has 3 aromatic rings. The Balaban J connectivity index is 1.44. The first kappa shape index (κ1) is 18.4. The summed E-state index contributed by atoms with van der Waals surface area (Å²) in [7, 11) is 0. The number of benzene rings is 2. The first-order chi connectivity index (χ1) is 12.5. The third kappa shape index (κ3) is 4.81. The van der Waals surface area contributed by atoms with E-state index in [0.717, 1.165) is 21.5 Å². The van der Waals surface area contributed by atoms with Crippen LogP contribution in [0.25, 0.3) is 10.2 Å². The number of hydrogen-bond acceptors (Lipinski definition) is 5. The van der Waals surface area contributed by atoms with E-state index in [2.05, 4.69) is 26.5 Å². The van der Waals surface area contributed by atoms with Gasteiger partial charge in [0, 0.05) is 10.7 Å². The Morgan fingerprint density at radius 2 is 2.04 bits per heavy atom. The summed E-state index contributed by atoms with van der Waals surface area (Å²) < 4.78 is 1.07. The molecule has 9 heteroatoms. The van der Waals surface area contributed by atoms with Gasteiger partial charge in [0.05, 0.1) is 16.8 Å². The highest BCUT2D eigenvalue weighted by atomic mass is 35.5. The number of nitrogens with one attached hydrogen (secondary N) is 4. The molecule has 0 aliphatic rings. The Bertz CT molecular complexity index is 926. The molecule has 2 aromatic carbocycles. The lowest BCUT2D eigenvalue weighted by Gasteiger charge is -2.12. The molecular weight excluding hydrogens is 390 g/mol. The number of thiazole rings is 1. The highest BCUT2D eigenvalue weighted by Crippen LogP contribution is 2.25. The number of halogens is 1. The molecule has 0 radical (unpaired) electrons. The zero-order valence-corrected chi connectivity index (χ0v) is 16.2. The van der Waals surface area contributed by atoms with Gasteiger partial charge in [-0.2, -0.15) is 0 Å². The van der Waals surface area contributed by atoms with Gasteiger partial charge in [-0.1, -0.05) is 41.1 Å². The van der Waals surface area contributed by atoms with Crippen molar-refractivity contribution in [2.45, 2.75) is 6.92 Å². The number of hydrazine groups is 1. The first-order valence-corrected chi connectivity index (χ1v) is 9.33. The van der Waals surface area contributed by atoms with Crippen molar-refractivity contribution in [3.8, 4) is 0 Å². The quantitative estimate of drug-likeness (QED) is 0.391. The molecule has 6 nitrogen and oxygen atoms in total. The standard InChI is InChI=1S/C17H16ClN5OS2/c1-10-6-7-11(8-12(10)18)20-16(25)23-22-15(24)9-19-17-21-13-4-2-3-5-14(13)26-17/h2-8H,9H2,1H3,(H,19,21)(H,22,24)(H2,20,23,25). The van der Waals surface area contributed by atoms with Gasteiger partial charge in [-0.25, -0.2) is 4.98 Å². The molecule has 1 heterocycles. The van der Waals surface area contributed by atoms with Crippen LogP contribution < -0.4 is 21.5 Å².